The monoisotopic (exact) mass is 116 g/mol. The van der Waals surface area contributed by atoms with Crippen LogP contribution in [0.1, 0.15) is 13.8 Å². The van der Waals surface area contributed by atoms with Gasteiger partial charge in [0.25, 0.3) is 0 Å². The van der Waals surface area contributed by atoms with Crippen molar-refractivity contribution in [1.29, 1.82) is 0 Å². The Balaban J connectivity index is 2.44. The van der Waals surface area contributed by atoms with Crippen LogP contribution in [-0.4, -0.2) is 18.8 Å². The molecule has 1 heterocycles. The zero-order valence-electron chi connectivity index (χ0n) is 5.27. The number of hydrogen-bond donors (Lipinski definition) is 2. The second kappa shape index (κ2) is 2.01. The summed E-state index contributed by atoms with van der Waals surface area (Å²) in [5.41, 5.74) is 0. The lowest BCUT2D eigenvalue weighted by atomic mass is 10.4. The Labute approximate surface area is 49.3 Å². The molecular weight excluding hydrogens is 104 g/mol. The molecule has 8 heavy (non-hydrogen) atoms. The van der Waals surface area contributed by atoms with Crippen molar-refractivity contribution in [3.05, 3.63) is 5.21 Å². The van der Waals surface area contributed by atoms with Crippen molar-refractivity contribution in [2.45, 2.75) is 26.1 Å². The van der Waals surface area contributed by atoms with E-state index in [1.165, 1.54) is 0 Å². The van der Waals surface area contributed by atoms with E-state index in [9.17, 15) is 5.21 Å². The molecule has 0 saturated carbocycles. The summed E-state index contributed by atoms with van der Waals surface area (Å²) < 4.78 is 0. The molecule has 48 valence electrons. The quantitative estimate of drug-likeness (QED) is 0.386. The highest BCUT2D eigenvalue weighted by atomic mass is 16.5. The van der Waals surface area contributed by atoms with Crippen LogP contribution in [0.2, 0.25) is 0 Å². The molecule has 0 radical (unpaired) electrons. The molecule has 1 saturated heterocycles. The van der Waals surface area contributed by atoms with Crippen molar-refractivity contribution in [2.75, 3.05) is 6.54 Å². The molecule has 3 heteroatoms. The van der Waals surface area contributed by atoms with E-state index in [2.05, 4.69) is 5.32 Å². The SMILES string of the molecule is CC1CNC(C)[NH+]1[O-]. The van der Waals surface area contributed by atoms with Crippen molar-refractivity contribution < 1.29 is 5.06 Å². The standard InChI is InChI=1S/C5H12N2O/c1-4-3-6-5(2)7(4)8/h4-7H,3H2,1-2H3. The van der Waals surface area contributed by atoms with Crippen LogP contribution in [0.5, 0.6) is 0 Å². The van der Waals surface area contributed by atoms with Crippen molar-refractivity contribution in [2.24, 2.45) is 0 Å². The van der Waals surface area contributed by atoms with E-state index >= 15 is 0 Å². The Kier molecular flexibility index (Phi) is 1.51. The lowest BCUT2D eigenvalue weighted by Crippen LogP contribution is -3.12. The molecular formula is C5H12N2O. The van der Waals surface area contributed by atoms with Crippen LogP contribution in [0.25, 0.3) is 0 Å². The van der Waals surface area contributed by atoms with Crippen LogP contribution < -0.4 is 10.4 Å². The van der Waals surface area contributed by atoms with Gasteiger partial charge in [-0.15, -0.1) is 0 Å². The first-order valence-electron chi connectivity index (χ1n) is 2.99. The van der Waals surface area contributed by atoms with Gasteiger partial charge in [0.15, 0.2) is 0 Å². The van der Waals surface area contributed by atoms with Gasteiger partial charge in [-0.2, -0.15) is 0 Å². The topological polar surface area (TPSA) is 39.5 Å². The summed E-state index contributed by atoms with van der Waals surface area (Å²) in [6, 6.07) is 0.241. The molecule has 0 spiro atoms. The van der Waals surface area contributed by atoms with Gasteiger partial charge in [-0.25, -0.2) is 0 Å². The molecule has 0 aromatic rings. The maximum Gasteiger partial charge on any atom is 0.138 e. The lowest BCUT2D eigenvalue weighted by Gasteiger charge is -2.24. The highest BCUT2D eigenvalue weighted by molar-refractivity contribution is 4.62. The zero-order valence-corrected chi connectivity index (χ0v) is 5.27. The van der Waals surface area contributed by atoms with Crippen molar-refractivity contribution in [3.63, 3.8) is 0 Å². The minimum Gasteiger partial charge on any atom is -0.633 e. The largest absolute Gasteiger partial charge is 0.633 e. The number of nitrogens with one attached hydrogen (secondary N) is 2. The average molecular weight is 116 g/mol. The van der Waals surface area contributed by atoms with Gasteiger partial charge in [0.2, 0.25) is 0 Å². The Bertz CT molecular complexity index is 76.5. The Hall–Kier alpha value is -0.120. The van der Waals surface area contributed by atoms with E-state index < -0.39 is 0 Å². The average Bonchev–Trinajstić information content (AvgIpc) is 1.98. The molecule has 0 aromatic heterocycles. The molecule has 0 aromatic carbocycles. The normalized spacial score (nSPS) is 47.6. The van der Waals surface area contributed by atoms with Crippen LogP contribution in [0, 0.1) is 5.21 Å². The second-order valence-corrected chi connectivity index (χ2v) is 2.43. The summed E-state index contributed by atoms with van der Waals surface area (Å²) in [5.74, 6) is 0. The summed E-state index contributed by atoms with van der Waals surface area (Å²) in [7, 11) is 0. The summed E-state index contributed by atoms with van der Waals surface area (Å²) in [6.45, 7) is 4.73. The van der Waals surface area contributed by atoms with Gasteiger partial charge in [0.05, 0.1) is 12.6 Å². The van der Waals surface area contributed by atoms with Crippen molar-refractivity contribution >= 4 is 0 Å². The second-order valence-electron chi connectivity index (χ2n) is 2.43. The predicted molar refractivity (Wildman–Crippen MR) is 31.3 cm³/mol. The summed E-state index contributed by atoms with van der Waals surface area (Å²) >= 11 is 0. The minimum atomic E-state index is 0.102. The van der Waals surface area contributed by atoms with Gasteiger partial charge in [0, 0.05) is 6.92 Å². The number of hydroxylamine groups is 2. The van der Waals surface area contributed by atoms with Crippen LogP contribution in [0.3, 0.4) is 0 Å². The van der Waals surface area contributed by atoms with E-state index in [1.807, 2.05) is 13.8 Å². The van der Waals surface area contributed by atoms with Gasteiger partial charge in [-0.1, -0.05) is 0 Å². The Morgan fingerprint density at radius 2 is 2.25 bits per heavy atom. The molecule has 3 atom stereocenters. The number of quaternary nitrogens is 1. The summed E-state index contributed by atoms with van der Waals surface area (Å²) in [6.07, 6.45) is 0.102. The summed E-state index contributed by atoms with van der Waals surface area (Å²) in [4.78, 5) is 0. The van der Waals surface area contributed by atoms with Crippen LogP contribution >= 0.6 is 0 Å². The maximum atomic E-state index is 10.8. The van der Waals surface area contributed by atoms with Gasteiger partial charge < -0.3 is 10.3 Å². The van der Waals surface area contributed by atoms with Crippen LogP contribution in [0.4, 0.5) is 0 Å². The van der Waals surface area contributed by atoms with Gasteiger partial charge in [0.1, 0.15) is 6.17 Å². The number of hydrogen-bond acceptors (Lipinski definition) is 2. The first-order valence-corrected chi connectivity index (χ1v) is 2.99. The van der Waals surface area contributed by atoms with Crippen molar-refractivity contribution in [3.8, 4) is 0 Å². The highest BCUT2D eigenvalue weighted by Crippen LogP contribution is 1.82. The molecule has 0 amide bonds. The molecule has 2 N–H and O–H groups in total. The molecule has 1 aliphatic rings. The smallest absolute Gasteiger partial charge is 0.138 e. The molecule has 0 aliphatic carbocycles. The molecule has 0 bridgehead atoms. The zero-order chi connectivity index (χ0) is 6.15. The fourth-order valence-electron chi connectivity index (χ4n) is 0.982. The highest BCUT2D eigenvalue weighted by Gasteiger charge is 2.23. The Morgan fingerprint density at radius 3 is 2.38 bits per heavy atom. The molecule has 3 unspecified atom stereocenters. The van der Waals surface area contributed by atoms with E-state index in [1.54, 1.807) is 0 Å². The third-order valence-electron chi connectivity index (χ3n) is 1.64. The van der Waals surface area contributed by atoms with Crippen molar-refractivity contribution in [1.82, 2.24) is 5.32 Å². The fraction of sp³-hybridized carbons (Fsp3) is 1.00. The molecule has 1 aliphatic heterocycles. The third-order valence-corrected chi connectivity index (χ3v) is 1.64. The van der Waals surface area contributed by atoms with Gasteiger partial charge in [-0.3, -0.25) is 5.32 Å². The fourth-order valence-corrected chi connectivity index (χ4v) is 0.982. The molecule has 1 rings (SSSR count). The molecule has 1 fully saturated rings. The minimum absolute atomic E-state index is 0.102. The molecule has 3 nitrogen and oxygen atoms in total. The van der Waals surface area contributed by atoms with E-state index in [4.69, 9.17) is 0 Å². The van der Waals surface area contributed by atoms with E-state index in [0.717, 1.165) is 6.54 Å². The lowest BCUT2D eigenvalue weighted by molar-refractivity contribution is -0.883. The van der Waals surface area contributed by atoms with Gasteiger partial charge >= 0.3 is 0 Å². The third kappa shape index (κ3) is 0.844. The van der Waals surface area contributed by atoms with Crippen LogP contribution in [-0.2, 0) is 0 Å². The number of rotatable bonds is 0. The van der Waals surface area contributed by atoms with E-state index in [0.29, 0.717) is 5.06 Å². The van der Waals surface area contributed by atoms with Gasteiger partial charge in [-0.05, 0) is 6.92 Å². The first kappa shape index (κ1) is 6.01. The summed E-state index contributed by atoms with van der Waals surface area (Å²) in [5, 5.41) is 14.3. The Morgan fingerprint density at radius 1 is 1.62 bits per heavy atom. The van der Waals surface area contributed by atoms with E-state index in [-0.39, 0.29) is 12.2 Å². The van der Waals surface area contributed by atoms with Crippen LogP contribution in [0.15, 0.2) is 0 Å². The predicted octanol–water partition coefficient (Wildman–Crippen LogP) is -1.29. The maximum absolute atomic E-state index is 10.8. The first-order chi connectivity index (χ1) is 3.72.